The molecule has 2 fully saturated rings. The molecule has 1 aromatic rings. The number of hydrogen-bond donors (Lipinski definition) is 1. The van der Waals surface area contributed by atoms with Crippen LogP contribution in [-0.2, 0) is 0 Å². The Morgan fingerprint density at radius 2 is 2.20 bits per heavy atom. The van der Waals surface area contributed by atoms with Crippen LogP contribution in [0.5, 0.6) is 5.88 Å². The topological polar surface area (TPSA) is 34.1 Å². The Hall–Kier alpha value is -0.610. The standard InChI is InChI=1S/C11H13BrN2O/c12-8-1-2-10(14-5-8)15-9-3-11(4-9)6-13-7-11/h1-2,5,9,13H,3-4,6-7H2. The molecule has 2 heterocycles. The monoisotopic (exact) mass is 268 g/mol. The molecule has 0 radical (unpaired) electrons. The highest BCUT2D eigenvalue weighted by Crippen LogP contribution is 2.45. The second-order valence-electron chi connectivity index (χ2n) is 4.57. The Morgan fingerprint density at radius 1 is 1.40 bits per heavy atom. The normalized spacial score (nSPS) is 23.3. The summed E-state index contributed by atoms with van der Waals surface area (Å²) in [6.45, 7) is 2.33. The molecule has 0 unspecified atom stereocenters. The molecule has 2 aliphatic rings. The van der Waals surface area contributed by atoms with Crippen LogP contribution in [0, 0.1) is 5.41 Å². The number of halogens is 1. The number of ether oxygens (including phenoxy) is 1. The summed E-state index contributed by atoms with van der Waals surface area (Å²) < 4.78 is 6.77. The minimum Gasteiger partial charge on any atom is -0.474 e. The Balaban J connectivity index is 1.56. The van der Waals surface area contributed by atoms with Gasteiger partial charge in [-0.05, 0) is 34.8 Å². The predicted octanol–water partition coefficient (Wildman–Crippen LogP) is 1.97. The van der Waals surface area contributed by atoms with Crippen molar-refractivity contribution < 1.29 is 4.74 Å². The average molecular weight is 269 g/mol. The molecule has 0 amide bonds. The fourth-order valence-corrected chi connectivity index (χ4v) is 2.59. The highest BCUT2D eigenvalue weighted by atomic mass is 79.9. The van der Waals surface area contributed by atoms with Gasteiger partial charge < -0.3 is 10.1 Å². The van der Waals surface area contributed by atoms with Crippen LogP contribution in [0.4, 0.5) is 0 Å². The van der Waals surface area contributed by atoms with Crippen molar-refractivity contribution in [2.75, 3.05) is 13.1 Å². The second kappa shape index (κ2) is 3.46. The van der Waals surface area contributed by atoms with E-state index < -0.39 is 0 Å². The number of nitrogens with zero attached hydrogens (tertiary/aromatic N) is 1. The van der Waals surface area contributed by atoms with Crippen molar-refractivity contribution in [2.45, 2.75) is 18.9 Å². The lowest BCUT2D eigenvalue weighted by Crippen LogP contribution is -2.62. The Kier molecular flexibility index (Phi) is 2.21. The molecule has 0 bridgehead atoms. The molecule has 1 N–H and O–H groups in total. The van der Waals surface area contributed by atoms with Crippen molar-refractivity contribution >= 4 is 15.9 Å². The molecule has 0 aromatic carbocycles. The molecule has 0 atom stereocenters. The Bertz CT molecular complexity index is 353. The molecule has 1 saturated heterocycles. The molecule has 80 valence electrons. The van der Waals surface area contributed by atoms with Crippen LogP contribution in [-0.4, -0.2) is 24.2 Å². The molecule has 1 aliphatic heterocycles. The summed E-state index contributed by atoms with van der Waals surface area (Å²) in [6, 6.07) is 3.87. The van der Waals surface area contributed by atoms with Gasteiger partial charge in [-0.25, -0.2) is 4.98 Å². The first-order chi connectivity index (χ1) is 7.26. The smallest absolute Gasteiger partial charge is 0.213 e. The first-order valence-corrected chi connectivity index (χ1v) is 6.04. The number of hydrogen-bond acceptors (Lipinski definition) is 3. The largest absolute Gasteiger partial charge is 0.474 e. The predicted molar refractivity (Wildman–Crippen MR) is 60.9 cm³/mol. The second-order valence-corrected chi connectivity index (χ2v) is 5.48. The minimum atomic E-state index is 0.376. The van der Waals surface area contributed by atoms with Crippen LogP contribution < -0.4 is 10.1 Å². The van der Waals surface area contributed by atoms with Crippen LogP contribution in [0.2, 0.25) is 0 Å². The zero-order valence-corrected chi connectivity index (χ0v) is 9.96. The van der Waals surface area contributed by atoms with E-state index in [1.165, 1.54) is 25.9 Å². The van der Waals surface area contributed by atoms with Gasteiger partial charge in [-0.15, -0.1) is 0 Å². The lowest BCUT2D eigenvalue weighted by atomic mass is 9.63. The Morgan fingerprint density at radius 3 is 2.73 bits per heavy atom. The molecule has 3 rings (SSSR count). The fraction of sp³-hybridized carbons (Fsp3) is 0.545. The van der Waals surface area contributed by atoms with Crippen molar-refractivity contribution in [1.29, 1.82) is 0 Å². The molecule has 4 heteroatoms. The van der Waals surface area contributed by atoms with Gasteiger partial charge in [-0.1, -0.05) is 0 Å². The van der Waals surface area contributed by atoms with E-state index in [1.807, 2.05) is 12.1 Å². The van der Waals surface area contributed by atoms with Gasteiger partial charge in [0.2, 0.25) is 5.88 Å². The van der Waals surface area contributed by atoms with Gasteiger partial charge in [-0.2, -0.15) is 0 Å². The van der Waals surface area contributed by atoms with E-state index in [0.717, 1.165) is 10.4 Å². The highest BCUT2D eigenvalue weighted by Gasteiger charge is 2.49. The van der Waals surface area contributed by atoms with Gasteiger partial charge in [0.05, 0.1) is 0 Å². The van der Waals surface area contributed by atoms with E-state index in [1.54, 1.807) is 6.20 Å². The highest BCUT2D eigenvalue weighted by molar-refractivity contribution is 9.10. The SMILES string of the molecule is Brc1ccc(OC2CC3(CNC3)C2)nc1. The Labute approximate surface area is 97.4 Å². The zero-order chi connectivity index (χ0) is 10.3. The molecule has 3 nitrogen and oxygen atoms in total. The summed E-state index contributed by atoms with van der Waals surface area (Å²) in [5.74, 6) is 0.741. The van der Waals surface area contributed by atoms with Gasteiger partial charge in [0.15, 0.2) is 0 Å². The third-order valence-corrected chi connectivity index (χ3v) is 3.78. The van der Waals surface area contributed by atoms with Crippen LogP contribution in [0.25, 0.3) is 0 Å². The number of aromatic nitrogens is 1. The number of rotatable bonds is 2. The molecule has 1 spiro atoms. The maximum atomic E-state index is 5.78. The molecule has 15 heavy (non-hydrogen) atoms. The maximum absolute atomic E-state index is 5.78. The van der Waals surface area contributed by atoms with Crippen LogP contribution in [0.15, 0.2) is 22.8 Å². The van der Waals surface area contributed by atoms with Crippen molar-refractivity contribution in [3.05, 3.63) is 22.8 Å². The zero-order valence-electron chi connectivity index (χ0n) is 8.37. The lowest BCUT2D eigenvalue weighted by molar-refractivity contribution is -0.0513. The van der Waals surface area contributed by atoms with E-state index in [0.29, 0.717) is 11.5 Å². The summed E-state index contributed by atoms with van der Waals surface area (Å²) in [7, 11) is 0. The number of nitrogens with one attached hydrogen (secondary N) is 1. The molecular formula is C11H13BrN2O. The van der Waals surface area contributed by atoms with Crippen LogP contribution in [0.3, 0.4) is 0 Å². The quantitative estimate of drug-likeness (QED) is 0.891. The van der Waals surface area contributed by atoms with E-state index >= 15 is 0 Å². The summed E-state index contributed by atoms with van der Waals surface area (Å²) in [5.41, 5.74) is 0.569. The van der Waals surface area contributed by atoms with Crippen LogP contribution in [0.1, 0.15) is 12.8 Å². The maximum Gasteiger partial charge on any atom is 0.213 e. The van der Waals surface area contributed by atoms with Crippen molar-refractivity contribution in [2.24, 2.45) is 5.41 Å². The van der Waals surface area contributed by atoms with Crippen LogP contribution >= 0.6 is 15.9 Å². The molecule has 1 aliphatic carbocycles. The lowest BCUT2D eigenvalue weighted by Gasteiger charge is -2.53. The molecule has 1 saturated carbocycles. The van der Waals surface area contributed by atoms with Crippen molar-refractivity contribution in [1.82, 2.24) is 10.3 Å². The van der Waals surface area contributed by atoms with E-state index in [9.17, 15) is 0 Å². The minimum absolute atomic E-state index is 0.376. The third kappa shape index (κ3) is 1.76. The van der Waals surface area contributed by atoms with Gasteiger partial charge in [0, 0.05) is 35.2 Å². The summed E-state index contributed by atoms with van der Waals surface area (Å²) >= 11 is 3.35. The van der Waals surface area contributed by atoms with Gasteiger partial charge >= 0.3 is 0 Å². The van der Waals surface area contributed by atoms with Gasteiger partial charge in [0.25, 0.3) is 0 Å². The van der Waals surface area contributed by atoms with Gasteiger partial charge in [0.1, 0.15) is 6.10 Å². The van der Waals surface area contributed by atoms with E-state index in [-0.39, 0.29) is 0 Å². The van der Waals surface area contributed by atoms with Gasteiger partial charge in [-0.3, -0.25) is 0 Å². The van der Waals surface area contributed by atoms with E-state index in [4.69, 9.17) is 4.74 Å². The fourth-order valence-electron chi connectivity index (χ4n) is 2.36. The summed E-state index contributed by atoms with van der Waals surface area (Å²) in [4.78, 5) is 4.21. The first-order valence-electron chi connectivity index (χ1n) is 5.25. The number of pyridine rings is 1. The average Bonchev–Trinajstić information content (AvgIpc) is 2.10. The van der Waals surface area contributed by atoms with E-state index in [2.05, 4.69) is 26.2 Å². The summed E-state index contributed by atoms with van der Waals surface area (Å²) in [5, 5.41) is 3.32. The molecular weight excluding hydrogens is 256 g/mol. The van der Waals surface area contributed by atoms with Crippen molar-refractivity contribution in [3.63, 3.8) is 0 Å². The molecule has 1 aromatic heterocycles. The van der Waals surface area contributed by atoms with Crippen molar-refractivity contribution in [3.8, 4) is 5.88 Å². The first kappa shape index (κ1) is 9.60. The summed E-state index contributed by atoms with van der Waals surface area (Å²) in [6.07, 6.45) is 4.50. The third-order valence-electron chi connectivity index (χ3n) is 3.31.